The van der Waals surface area contributed by atoms with Gasteiger partial charge >= 0.3 is 59.8 Å². The molecular formula is C31H40Cl2HfSi-2. The molecule has 0 atom stereocenters. The van der Waals surface area contributed by atoms with Crippen molar-refractivity contribution in [3.05, 3.63) is 82.9 Å². The second kappa shape index (κ2) is 17.0. The van der Waals surface area contributed by atoms with Crippen LogP contribution in [0.15, 0.2) is 60.7 Å². The number of halogens is 2. The normalized spacial score (nSPS) is 12.7. The Hall–Kier alpha value is -0.673. The first-order chi connectivity index (χ1) is 16.1. The third-order valence-corrected chi connectivity index (χ3v) is 14.1. The molecule has 4 heteroatoms. The van der Waals surface area contributed by atoms with Gasteiger partial charge in [-0.2, -0.15) is 12.1 Å². The molecule has 0 aliphatic carbocycles. The summed E-state index contributed by atoms with van der Waals surface area (Å²) in [6.45, 7) is 8.85. The van der Waals surface area contributed by atoms with Crippen molar-refractivity contribution in [2.24, 2.45) is 0 Å². The van der Waals surface area contributed by atoms with E-state index in [0.29, 0.717) is 5.49 Å². The van der Waals surface area contributed by atoms with Gasteiger partial charge in [0, 0.05) is 0 Å². The van der Waals surface area contributed by atoms with Gasteiger partial charge in [-0.15, -0.1) is 69.1 Å². The molecule has 0 radical (unpaired) electrons. The summed E-state index contributed by atoms with van der Waals surface area (Å²) in [6, 6.07) is 25.7. The summed E-state index contributed by atoms with van der Waals surface area (Å²) in [4.78, 5) is 0. The summed E-state index contributed by atoms with van der Waals surface area (Å²) in [7, 11) is 0. The zero-order chi connectivity index (χ0) is 23.6. The summed E-state index contributed by atoms with van der Waals surface area (Å²) < 4.78 is 0. The number of rotatable bonds is 4. The van der Waals surface area contributed by atoms with E-state index in [9.17, 15) is 0 Å². The fourth-order valence-electron chi connectivity index (χ4n) is 4.73. The van der Waals surface area contributed by atoms with Gasteiger partial charge in [-0.05, 0) is 25.7 Å². The molecule has 0 spiro atoms. The van der Waals surface area contributed by atoms with Crippen LogP contribution in [-0.2, 0) is 48.7 Å². The van der Waals surface area contributed by atoms with Crippen LogP contribution in [-0.4, -0.2) is 5.49 Å². The van der Waals surface area contributed by atoms with Crippen LogP contribution in [0.5, 0.6) is 0 Å². The fourth-order valence-corrected chi connectivity index (χ4v) is 10.1. The third-order valence-electron chi connectivity index (χ3n) is 6.84. The third kappa shape index (κ3) is 9.29. The van der Waals surface area contributed by atoms with Crippen LogP contribution >= 0.6 is 0 Å². The maximum atomic E-state index is 2.33. The first-order valence-corrected chi connectivity index (χ1v) is 20.3. The standard InChI is InChI=1S/2C13H15.C5H10Si.2ClH.Hf/c2*1-3-10-8-12-7-5-6-11(4-2)13(12)9-10;1-2-4-6-5-3-1;;;/h2*5-9H,3-4H2,1-2H3;1-5H2;2*1H;/q2*-1;;;;+2/p-2. The average molecular weight is 690 g/mol. The van der Waals surface area contributed by atoms with Crippen LogP contribution in [0.4, 0.5) is 0 Å². The van der Waals surface area contributed by atoms with E-state index >= 15 is 0 Å². The first kappa shape index (κ1) is 32.4. The van der Waals surface area contributed by atoms with Gasteiger partial charge in [0.15, 0.2) is 0 Å². The Bertz CT molecular complexity index is 1080. The first-order valence-electron chi connectivity index (χ1n) is 13.0. The van der Waals surface area contributed by atoms with Gasteiger partial charge in [0.25, 0.3) is 0 Å². The van der Waals surface area contributed by atoms with E-state index < -0.39 is 0 Å². The van der Waals surface area contributed by atoms with Gasteiger partial charge in [0.2, 0.25) is 0 Å². The number of hydrogen-bond donors (Lipinski definition) is 0. The van der Waals surface area contributed by atoms with Crippen LogP contribution in [0.2, 0.25) is 12.1 Å². The molecule has 4 aromatic carbocycles. The van der Waals surface area contributed by atoms with Crippen molar-refractivity contribution < 1.29 is 47.8 Å². The molecule has 0 nitrogen and oxygen atoms in total. The Morgan fingerprint density at radius 2 is 1.09 bits per heavy atom. The molecule has 1 aliphatic rings. The van der Waals surface area contributed by atoms with E-state index in [1.807, 2.05) is 0 Å². The van der Waals surface area contributed by atoms with Crippen molar-refractivity contribution in [1.29, 1.82) is 0 Å². The van der Waals surface area contributed by atoms with Crippen molar-refractivity contribution in [3.8, 4) is 0 Å². The van der Waals surface area contributed by atoms with Crippen molar-refractivity contribution >= 4 is 27.0 Å². The fraction of sp³-hybridized carbons (Fsp3) is 0.419. The summed E-state index contributed by atoms with van der Waals surface area (Å²) in [5, 5.41) is 5.69. The minimum atomic E-state index is 0. The number of aryl methyl sites for hydroxylation is 4. The Labute approximate surface area is 241 Å². The summed E-state index contributed by atoms with van der Waals surface area (Å²) in [5.41, 5.74) is 6.19. The molecule has 0 N–H and O–H groups in total. The monoisotopic (exact) mass is 690 g/mol. The van der Waals surface area contributed by atoms with Gasteiger partial charge in [-0.3, -0.25) is 0 Å². The Morgan fingerprint density at radius 1 is 0.657 bits per heavy atom. The average Bonchev–Trinajstić information content (AvgIpc) is 3.48. The van der Waals surface area contributed by atoms with Crippen molar-refractivity contribution in [3.63, 3.8) is 0 Å². The van der Waals surface area contributed by atoms with E-state index in [1.165, 1.54) is 50.2 Å². The molecule has 0 aromatic heterocycles. The van der Waals surface area contributed by atoms with Crippen LogP contribution < -0.4 is 24.8 Å². The predicted octanol–water partition coefficient (Wildman–Crippen LogP) is 3.08. The maximum absolute atomic E-state index is 2.33. The molecule has 35 heavy (non-hydrogen) atoms. The van der Waals surface area contributed by atoms with E-state index in [4.69, 9.17) is 0 Å². The van der Waals surface area contributed by atoms with E-state index in [-0.39, 0.29) is 24.8 Å². The molecule has 0 unspecified atom stereocenters. The van der Waals surface area contributed by atoms with E-state index in [1.54, 1.807) is 47.9 Å². The topological polar surface area (TPSA) is 0 Å². The molecule has 1 aliphatic heterocycles. The summed E-state index contributed by atoms with van der Waals surface area (Å²) >= 11 is 1.55. The predicted molar refractivity (Wildman–Crippen MR) is 146 cm³/mol. The zero-order valence-corrected chi connectivity index (χ0v) is 28.0. The molecule has 5 rings (SSSR count). The Morgan fingerprint density at radius 3 is 1.40 bits per heavy atom. The second-order valence-corrected chi connectivity index (χ2v) is 19.0. The van der Waals surface area contributed by atoms with Gasteiger partial charge in [0.05, 0.1) is 0 Å². The van der Waals surface area contributed by atoms with Crippen molar-refractivity contribution in [1.82, 2.24) is 0 Å². The van der Waals surface area contributed by atoms with Gasteiger partial charge in [-0.1, -0.05) is 51.0 Å². The molecule has 1 fully saturated rings. The molecule has 1 saturated heterocycles. The SMILES string of the molecule is CCc1cc2c(CC)cccc2[cH-]1.CCc1cc2c(CC)cccc2[cH-]1.[Cl-].[Cl-].[Hf+2]=[Si]1CCCCC1. The quantitative estimate of drug-likeness (QED) is 0.229. The zero-order valence-electron chi connectivity index (χ0n) is 21.9. The van der Waals surface area contributed by atoms with E-state index in [2.05, 4.69) is 88.4 Å². The Kier molecular flexibility index (Phi) is 15.7. The summed E-state index contributed by atoms with van der Waals surface area (Å²) in [5.74, 6) is 0. The molecule has 1 heterocycles. The van der Waals surface area contributed by atoms with Crippen LogP contribution in [0, 0.1) is 0 Å². The minimum absolute atomic E-state index is 0. The molecule has 0 saturated carbocycles. The van der Waals surface area contributed by atoms with Crippen molar-refractivity contribution in [2.75, 3.05) is 0 Å². The van der Waals surface area contributed by atoms with Crippen LogP contribution in [0.25, 0.3) is 21.5 Å². The van der Waals surface area contributed by atoms with E-state index in [0.717, 1.165) is 25.7 Å². The van der Waals surface area contributed by atoms with Gasteiger partial charge in [0.1, 0.15) is 0 Å². The Balaban J connectivity index is 0.000000266. The van der Waals surface area contributed by atoms with Gasteiger partial charge in [-0.25, -0.2) is 0 Å². The molecular weight excluding hydrogens is 650 g/mol. The molecule has 4 aromatic rings. The molecule has 0 amide bonds. The second-order valence-electron chi connectivity index (χ2n) is 9.15. The molecule has 0 bridgehead atoms. The van der Waals surface area contributed by atoms with Crippen LogP contribution in [0.1, 0.15) is 69.2 Å². The number of benzene rings is 2. The van der Waals surface area contributed by atoms with Crippen LogP contribution in [0.3, 0.4) is 0 Å². The van der Waals surface area contributed by atoms with Gasteiger partial charge < -0.3 is 24.8 Å². The number of hydrogen-bond acceptors (Lipinski definition) is 0. The van der Waals surface area contributed by atoms with Crippen molar-refractivity contribution in [2.45, 2.75) is 84.7 Å². The summed E-state index contributed by atoms with van der Waals surface area (Å²) in [6.07, 6.45) is 9.21. The number of fused-ring (bicyclic) bond motifs is 2. The molecule has 188 valence electrons.